The first kappa shape index (κ1) is 12.1. The van der Waals surface area contributed by atoms with Crippen molar-refractivity contribution in [1.82, 2.24) is 4.98 Å². The normalized spacial score (nSPS) is 11.4. The van der Waals surface area contributed by atoms with E-state index in [1.54, 1.807) is 0 Å². The minimum Gasteiger partial charge on any atom is -0.326 e. The lowest BCUT2D eigenvalue weighted by Crippen LogP contribution is -2.04. The molecule has 0 amide bonds. The highest BCUT2D eigenvalue weighted by atomic mass is 14.7. The zero-order chi connectivity index (χ0) is 12.6. The maximum absolute atomic E-state index is 5.82. The average Bonchev–Trinajstić information content (AvgIpc) is 2.28. The van der Waals surface area contributed by atoms with E-state index < -0.39 is 0 Å². The minimum absolute atomic E-state index is 0.446. The van der Waals surface area contributed by atoms with Crippen LogP contribution >= 0.6 is 0 Å². The van der Waals surface area contributed by atoms with Crippen LogP contribution in [0.5, 0.6) is 0 Å². The van der Waals surface area contributed by atoms with Crippen molar-refractivity contribution < 1.29 is 0 Å². The number of nitrogens with two attached hydrogens (primary N) is 1. The number of hydrogen-bond acceptors (Lipinski definition) is 2. The van der Waals surface area contributed by atoms with E-state index >= 15 is 0 Å². The number of aromatic nitrogens is 1. The zero-order valence-electron chi connectivity index (χ0n) is 11.0. The van der Waals surface area contributed by atoms with E-state index in [2.05, 4.69) is 44.8 Å². The van der Waals surface area contributed by atoms with Crippen molar-refractivity contribution in [2.45, 2.75) is 40.2 Å². The molecule has 2 nitrogen and oxygen atoms in total. The lowest BCUT2D eigenvalue weighted by Gasteiger charge is -2.15. The molecule has 2 heteroatoms. The van der Waals surface area contributed by atoms with Gasteiger partial charge in [-0.2, -0.15) is 0 Å². The third-order valence-electron chi connectivity index (χ3n) is 3.47. The molecule has 1 aromatic heterocycles. The quantitative estimate of drug-likeness (QED) is 0.855. The summed E-state index contributed by atoms with van der Waals surface area (Å²) in [6, 6.07) is 4.32. The van der Waals surface area contributed by atoms with E-state index in [9.17, 15) is 0 Å². The largest absolute Gasteiger partial charge is 0.326 e. The molecule has 1 heterocycles. The van der Waals surface area contributed by atoms with Gasteiger partial charge in [-0.3, -0.25) is 4.98 Å². The van der Waals surface area contributed by atoms with E-state index in [4.69, 9.17) is 5.73 Å². The molecule has 0 atom stereocenters. The number of nitrogens with zero attached hydrogens (tertiary/aromatic N) is 1. The monoisotopic (exact) mass is 228 g/mol. The molecular weight excluding hydrogens is 208 g/mol. The fourth-order valence-corrected chi connectivity index (χ4v) is 2.50. The van der Waals surface area contributed by atoms with E-state index in [0.717, 1.165) is 0 Å². The van der Waals surface area contributed by atoms with Crippen LogP contribution in [0.15, 0.2) is 18.3 Å². The molecule has 1 aromatic carbocycles. The molecule has 2 aromatic rings. The lowest BCUT2D eigenvalue weighted by atomic mass is 9.93. The average molecular weight is 228 g/mol. The summed E-state index contributed by atoms with van der Waals surface area (Å²) in [5.74, 6) is 0.446. The number of hydrogen-bond donors (Lipinski definition) is 1. The molecule has 2 rings (SSSR count). The van der Waals surface area contributed by atoms with Gasteiger partial charge in [0.05, 0.1) is 5.69 Å². The lowest BCUT2D eigenvalue weighted by molar-refractivity contribution is 0.834. The third-order valence-corrected chi connectivity index (χ3v) is 3.47. The predicted octanol–water partition coefficient (Wildman–Crippen LogP) is 3.43. The fraction of sp³-hybridized carbons (Fsp3) is 0.400. The Hall–Kier alpha value is -1.41. The molecule has 0 radical (unpaired) electrons. The van der Waals surface area contributed by atoms with Gasteiger partial charge in [0.25, 0.3) is 0 Å². The molecule has 0 spiro atoms. The second-order valence-electron chi connectivity index (χ2n) is 4.95. The standard InChI is InChI=1S/C15H20N2/c1-9(2)15-13-7-10(3)14(8-16)11(4)12(13)5-6-17-15/h5-7,9H,8,16H2,1-4H3. The summed E-state index contributed by atoms with van der Waals surface area (Å²) in [5, 5.41) is 2.56. The van der Waals surface area contributed by atoms with Crippen LogP contribution in [0.1, 0.15) is 42.1 Å². The number of rotatable bonds is 2. The maximum Gasteiger partial charge on any atom is 0.0507 e. The Morgan fingerprint density at radius 3 is 2.53 bits per heavy atom. The fourth-order valence-electron chi connectivity index (χ4n) is 2.50. The van der Waals surface area contributed by atoms with Crippen LogP contribution in [0, 0.1) is 13.8 Å². The van der Waals surface area contributed by atoms with Crippen LogP contribution in [-0.2, 0) is 6.54 Å². The zero-order valence-corrected chi connectivity index (χ0v) is 11.0. The first-order valence-corrected chi connectivity index (χ1v) is 6.14. The van der Waals surface area contributed by atoms with Crippen LogP contribution in [0.4, 0.5) is 0 Å². The van der Waals surface area contributed by atoms with Gasteiger partial charge in [0.15, 0.2) is 0 Å². The van der Waals surface area contributed by atoms with Gasteiger partial charge in [-0.15, -0.1) is 0 Å². The second kappa shape index (κ2) is 4.46. The highest BCUT2D eigenvalue weighted by molar-refractivity contribution is 5.89. The van der Waals surface area contributed by atoms with Crippen molar-refractivity contribution in [2.75, 3.05) is 0 Å². The Morgan fingerprint density at radius 1 is 1.24 bits per heavy atom. The van der Waals surface area contributed by atoms with Gasteiger partial charge in [-0.1, -0.05) is 13.8 Å². The highest BCUT2D eigenvalue weighted by Crippen LogP contribution is 2.29. The van der Waals surface area contributed by atoms with Gasteiger partial charge in [-0.25, -0.2) is 0 Å². The summed E-state index contributed by atoms with van der Waals surface area (Å²) in [4.78, 5) is 4.51. The van der Waals surface area contributed by atoms with E-state index in [1.165, 1.54) is 33.2 Å². The molecule has 0 aliphatic carbocycles. The van der Waals surface area contributed by atoms with Crippen LogP contribution < -0.4 is 5.73 Å². The molecule has 0 saturated carbocycles. The molecule has 0 aliphatic heterocycles. The molecule has 0 bridgehead atoms. The molecule has 0 unspecified atom stereocenters. The van der Waals surface area contributed by atoms with Crippen molar-refractivity contribution in [2.24, 2.45) is 5.73 Å². The van der Waals surface area contributed by atoms with Gasteiger partial charge in [0.2, 0.25) is 0 Å². The Kier molecular flexibility index (Phi) is 3.16. The van der Waals surface area contributed by atoms with Gasteiger partial charge in [0, 0.05) is 18.1 Å². The summed E-state index contributed by atoms with van der Waals surface area (Å²) in [7, 11) is 0. The van der Waals surface area contributed by atoms with Crippen LogP contribution in [0.3, 0.4) is 0 Å². The molecule has 0 fully saturated rings. The minimum atomic E-state index is 0.446. The second-order valence-corrected chi connectivity index (χ2v) is 4.95. The van der Waals surface area contributed by atoms with E-state index in [0.29, 0.717) is 12.5 Å². The SMILES string of the molecule is Cc1cc2c(C(C)C)nccc2c(C)c1CN. The van der Waals surface area contributed by atoms with Gasteiger partial charge in [-0.05, 0) is 54.0 Å². The predicted molar refractivity (Wildman–Crippen MR) is 73.2 cm³/mol. The smallest absolute Gasteiger partial charge is 0.0507 e. The molecule has 0 aliphatic rings. The number of fused-ring (bicyclic) bond motifs is 1. The Bertz CT molecular complexity index is 556. The van der Waals surface area contributed by atoms with E-state index in [-0.39, 0.29) is 0 Å². The Morgan fingerprint density at radius 2 is 1.94 bits per heavy atom. The van der Waals surface area contributed by atoms with Crippen molar-refractivity contribution in [3.63, 3.8) is 0 Å². The van der Waals surface area contributed by atoms with Crippen molar-refractivity contribution >= 4 is 10.8 Å². The van der Waals surface area contributed by atoms with Crippen LogP contribution in [-0.4, -0.2) is 4.98 Å². The molecule has 0 saturated heterocycles. The summed E-state index contributed by atoms with van der Waals surface area (Å²) in [6.07, 6.45) is 1.90. The molecule has 2 N–H and O–H groups in total. The molecule has 90 valence electrons. The van der Waals surface area contributed by atoms with E-state index in [1.807, 2.05) is 6.20 Å². The summed E-state index contributed by atoms with van der Waals surface area (Å²) < 4.78 is 0. The summed E-state index contributed by atoms with van der Waals surface area (Å²) in [6.45, 7) is 9.26. The topological polar surface area (TPSA) is 38.9 Å². The number of aryl methyl sites for hydroxylation is 2. The summed E-state index contributed by atoms with van der Waals surface area (Å²) >= 11 is 0. The Labute approximate surface area is 103 Å². The van der Waals surface area contributed by atoms with Gasteiger partial charge in [0.1, 0.15) is 0 Å². The van der Waals surface area contributed by atoms with Crippen molar-refractivity contribution in [1.29, 1.82) is 0 Å². The molecular formula is C15H20N2. The summed E-state index contributed by atoms with van der Waals surface area (Å²) in [5.41, 5.74) is 10.8. The van der Waals surface area contributed by atoms with Crippen molar-refractivity contribution in [3.05, 3.63) is 40.7 Å². The van der Waals surface area contributed by atoms with Gasteiger partial charge < -0.3 is 5.73 Å². The first-order chi connectivity index (χ1) is 8.06. The maximum atomic E-state index is 5.82. The first-order valence-electron chi connectivity index (χ1n) is 6.14. The third kappa shape index (κ3) is 1.93. The van der Waals surface area contributed by atoms with Crippen LogP contribution in [0.25, 0.3) is 10.8 Å². The van der Waals surface area contributed by atoms with Crippen molar-refractivity contribution in [3.8, 4) is 0 Å². The van der Waals surface area contributed by atoms with Crippen LogP contribution in [0.2, 0.25) is 0 Å². The van der Waals surface area contributed by atoms with Gasteiger partial charge >= 0.3 is 0 Å². The highest BCUT2D eigenvalue weighted by Gasteiger charge is 2.11. The molecule has 17 heavy (non-hydrogen) atoms. The number of benzene rings is 1. The number of pyridine rings is 1. The Balaban J connectivity index is 2.86.